The first-order valence-corrected chi connectivity index (χ1v) is 8.82. The van der Waals surface area contributed by atoms with Crippen molar-refractivity contribution < 1.29 is 9.63 Å². The monoisotopic (exact) mass is 344 g/mol. The number of rotatable bonds is 5. The van der Waals surface area contributed by atoms with Crippen molar-refractivity contribution in [2.45, 2.75) is 45.6 Å². The SMILES string of the molecule is C/C(=N\OC1CCCC1)c1ccccc1NC(=O)c1snnc1C. The van der Waals surface area contributed by atoms with Crippen molar-refractivity contribution in [3.63, 3.8) is 0 Å². The summed E-state index contributed by atoms with van der Waals surface area (Å²) in [5.41, 5.74) is 2.92. The Hall–Kier alpha value is -2.28. The molecule has 1 aromatic heterocycles. The summed E-state index contributed by atoms with van der Waals surface area (Å²) in [5.74, 6) is -0.209. The van der Waals surface area contributed by atoms with Gasteiger partial charge in [-0.3, -0.25) is 4.79 Å². The molecule has 1 aliphatic rings. The molecule has 0 radical (unpaired) electrons. The lowest BCUT2D eigenvalue weighted by Crippen LogP contribution is -2.14. The number of carbonyl (C=O) groups is 1. The normalized spacial score (nSPS) is 15.5. The summed E-state index contributed by atoms with van der Waals surface area (Å²) in [6.07, 6.45) is 4.75. The van der Waals surface area contributed by atoms with Gasteiger partial charge in [0, 0.05) is 5.56 Å². The smallest absolute Gasteiger partial charge is 0.269 e. The average molecular weight is 344 g/mol. The molecule has 2 aromatic rings. The number of anilines is 1. The first-order valence-electron chi connectivity index (χ1n) is 8.05. The van der Waals surface area contributed by atoms with Gasteiger partial charge in [0.05, 0.1) is 17.1 Å². The molecule has 7 heteroatoms. The minimum atomic E-state index is -0.209. The maximum Gasteiger partial charge on any atom is 0.269 e. The number of oxime groups is 1. The molecule has 0 bridgehead atoms. The molecule has 24 heavy (non-hydrogen) atoms. The molecule has 1 aliphatic carbocycles. The fourth-order valence-corrected chi connectivity index (χ4v) is 3.27. The van der Waals surface area contributed by atoms with E-state index in [1.165, 1.54) is 12.8 Å². The van der Waals surface area contributed by atoms with Crippen LogP contribution in [0.15, 0.2) is 29.4 Å². The minimum Gasteiger partial charge on any atom is -0.392 e. The molecular formula is C17H20N4O2S. The number of amides is 1. The zero-order valence-corrected chi connectivity index (χ0v) is 14.6. The Morgan fingerprint density at radius 2 is 2.08 bits per heavy atom. The van der Waals surface area contributed by atoms with Gasteiger partial charge < -0.3 is 10.2 Å². The van der Waals surface area contributed by atoms with E-state index in [-0.39, 0.29) is 12.0 Å². The molecule has 1 amide bonds. The van der Waals surface area contributed by atoms with Crippen molar-refractivity contribution in [2.75, 3.05) is 5.32 Å². The number of benzene rings is 1. The summed E-state index contributed by atoms with van der Waals surface area (Å²) in [7, 11) is 0. The lowest BCUT2D eigenvalue weighted by molar-refractivity contribution is 0.0645. The van der Waals surface area contributed by atoms with Crippen LogP contribution in [-0.2, 0) is 4.84 Å². The minimum absolute atomic E-state index is 0.209. The van der Waals surface area contributed by atoms with Gasteiger partial charge in [-0.15, -0.1) is 5.10 Å². The van der Waals surface area contributed by atoms with Gasteiger partial charge in [-0.05, 0) is 57.1 Å². The van der Waals surface area contributed by atoms with E-state index < -0.39 is 0 Å². The van der Waals surface area contributed by atoms with Crippen LogP contribution in [0.1, 0.15) is 53.5 Å². The number of hydrogen-bond donors (Lipinski definition) is 1. The lowest BCUT2D eigenvalue weighted by Gasteiger charge is -2.12. The Kier molecular flexibility index (Phi) is 5.20. The highest BCUT2D eigenvalue weighted by Gasteiger charge is 2.18. The van der Waals surface area contributed by atoms with Crippen LogP contribution in [-0.4, -0.2) is 27.3 Å². The largest absolute Gasteiger partial charge is 0.392 e. The average Bonchev–Trinajstić information content (AvgIpc) is 3.24. The zero-order chi connectivity index (χ0) is 16.9. The second kappa shape index (κ2) is 7.53. The van der Waals surface area contributed by atoms with Crippen LogP contribution in [0, 0.1) is 6.92 Å². The molecule has 0 saturated heterocycles. The van der Waals surface area contributed by atoms with Gasteiger partial charge in [0.2, 0.25) is 0 Å². The third-order valence-corrected chi connectivity index (χ3v) is 4.89. The third kappa shape index (κ3) is 3.79. The molecule has 1 N–H and O–H groups in total. The van der Waals surface area contributed by atoms with Gasteiger partial charge in [0.1, 0.15) is 11.0 Å². The Morgan fingerprint density at radius 1 is 1.33 bits per heavy atom. The van der Waals surface area contributed by atoms with Crippen LogP contribution >= 0.6 is 11.5 Å². The number of nitrogens with zero attached hydrogens (tertiary/aromatic N) is 3. The van der Waals surface area contributed by atoms with Gasteiger partial charge in [0.15, 0.2) is 0 Å². The number of aryl methyl sites for hydroxylation is 1. The second-order valence-electron chi connectivity index (χ2n) is 5.88. The molecule has 0 spiro atoms. The van der Waals surface area contributed by atoms with Crippen molar-refractivity contribution in [1.82, 2.24) is 9.59 Å². The number of nitrogens with one attached hydrogen (secondary N) is 1. The van der Waals surface area contributed by atoms with E-state index in [1.807, 2.05) is 31.2 Å². The molecule has 1 aromatic carbocycles. The number of aromatic nitrogens is 2. The van der Waals surface area contributed by atoms with Crippen LogP contribution in [0.4, 0.5) is 5.69 Å². The Balaban J connectivity index is 1.76. The summed E-state index contributed by atoms with van der Waals surface area (Å²) < 4.78 is 3.80. The van der Waals surface area contributed by atoms with Gasteiger partial charge in [-0.2, -0.15) is 0 Å². The maximum absolute atomic E-state index is 12.4. The van der Waals surface area contributed by atoms with Crippen molar-refractivity contribution in [1.29, 1.82) is 0 Å². The molecule has 126 valence electrons. The van der Waals surface area contributed by atoms with Gasteiger partial charge >= 0.3 is 0 Å². The second-order valence-corrected chi connectivity index (χ2v) is 6.63. The fraction of sp³-hybridized carbons (Fsp3) is 0.412. The topological polar surface area (TPSA) is 76.5 Å². The standard InChI is InChI=1S/C17H20N4O2S/c1-11(20-23-13-7-3-4-8-13)14-9-5-6-10-15(14)18-17(22)16-12(2)19-21-24-16/h5-6,9-10,13H,3-4,7-8H2,1-2H3,(H,18,22)/b20-11+. The first kappa shape index (κ1) is 16.6. The van der Waals surface area contributed by atoms with Crippen molar-refractivity contribution in [3.8, 4) is 0 Å². The van der Waals surface area contributed by atoms with Crippen molar-refractivity contribution >= 4 is 28.8 Å². The van der Waals surface area contributed by atoms with Crippen LogP contribution in [0.5, 0.6) is 0 Å². The van der Waals surface area contributed by atoms with E-state index in [0.717, 1.165) is 35.6 Å². The highest BCUT2D eigenvalue weighted by Crippen LogP contribution is 2.23. The van der Waals surface area contributed by atoms with E-state index in [9.17, 15) is 4.79 Å². The molecule has 1 saturated carbocycles. The number of carbonyl (C=O) groups excluding carboxylic acids is 1. The Labute approximate surface area is 145 Å². The van der Waals surface area contributed by atoms with E-state index in [4.69, 9.17) is 4.84 Å². The fourth-order valence-electron chi connectivity index (χ4n) is 2.72. The quantitative estimate of drug-likeness (QED) is 0.661. The predicted octanol–water partition coefficient (Wildman–Crippen LogP) is 3.78. The Bertz CT molecular complexity index is 751. The van der Waals surface area contributed by atoms with Crippen molar-refractivity contribution in [3.05, 3.63) is 40.4 Å². The summed E-state index contributed by atoms with van der Waals surface area (Å²) in [4.78, 5) is 18.5. The van der Waals surface area contributed by atoms with Gasteiger partial charge in [-0.1, -0.05) is 27.8 Å². The molecule has 0 atom stereocenters. The maximum atomic E-state index is 12.4. The van der Waals surface area contributed by atoms with E-state index in [1.54, 1.807) is 6.92 Å². The number of hydrogen-bond acceptors (Lipinski definition) is 6. The molecule has 0 unspecified atom stereocenters. The van der Waals surface area contributed by atoms with E-state index in [0.29, 0.717) is 16.3 Å². The molecule has 1 heterocycles. The molecule has 6 nitrogen and oxygen atoms in total. The summed E-state index contributed by atoms with van der Waals surface area (Å²) in [5, 5.41) is 11.1. The van der Waals surface area contributed by atoms with E-state index in [2.05, 4.69) is 20.1 Å². The zero-order valence-electron chi connectivity index (χ0n) is 13.8. The Morgan fingerprint density at radius 3 is 2.79 bits per heavy atom. The van der Waals surface area contributed by atoms with Gasteiger partial charge in [-0.25, -0.2) is 0 Å². The van der Waals surface area contributed by atoms with Crippen LogP contribution in [0.3, 0.4) is 0 Å². The van der Waals surface area contributed by atoms with Crippen molar-refractivity contribution in [2.24, 2.45) is 5.16 Å². The molecule has 3 rings (SSSR count). The predicted molar refractivity (Wildman–Crippen MR) is 94.6 cm³/mol. The highest BCUT2D eigenvalue weighted by molar-refractivity contribution is 7.08. The first-order chi connectivity index (χ1) is 11.6. The summed E-state index contributed by atoms with van der Waals surface area (Å²) >= 11 is 1.09. The summed E-state index contributed by atoms with van der Waals surface area (Å²) in [6.45, 7) is 3.66. The summed E-state index contributed by atoms with van der Waals surface area (Å²) in [6, 6.07) is 7.57. The third-order valence-electron chi connectivity index (χ3n) is 4.06. The van der Waals surface area contributed by atoms with Crippen LogP contribution in [0.25, 0.3) is 0 Å². The molecular weight excluding hydrogens is 324 g/mol. The highest BCUT2D eigenvalue weighted by atomic mass is 32.1. The molecule has 1 fully saturated rings. The van der Waals surface area contributed by atoms with E-state index >= 15 is 0 Å². The van der Waals surface area contributed by atoms with Crippen LogP contribution in [0.2, 0.25) is 0 Å². The number of para-hydroxylation sites is 1. The van der Waals surface area contributed by atoms with Crippen LogP contribution < -0.4 is 5.32 Å². The van der Waals surface area contributed by atoms with Gasteiger partial charge in [0.25, 0.3) is 5.91 Å². The molecule has 0 aliphatic heterocycles. The lowest BCUT2D eigenvalue weighted by atomic mass is 10.1.